The lowest BCUT2D eigenvalue weighted by Gasteiger charge is -2.34. The Labute approximate surface area is 152 Å². The highest BCUT2D eigenvalue weighted by molar-refractivity contribution is 5.98. The summed E-state index contributed by atoms with van der Waals surface area (Å²) in [4.78, 5) is 18.1. The number of ketones is 1. The third-order valence-electron chi connectivity index (χ3n) is 5.28. The lowest BCUT2D eigenvalue weighted by Crippen LogP contribution is -2.43. The fraction of sp³-hybridized carbons (Fsp3) is 0.650. The zero-order valence-corrected chi connectivity index (χ0v) is 15.5. The monoisotopic (exact) mass is 350 g/mol. The number of Topliss-reactive ketones (excluding diaryl/α,β-unsaturated/α-hetero) is 1. The zero-order chi connectivity index (χ0) is 15.9. The standard InChI is InChI=1S/C20H30N2O.ClH/c23-20(18-10-4-1-5-11-18)19(16-21-12-6-2-7-13-21)17-22-14-8-3-9-15-22;/h1,4-5,10-11,19H,2-3,6-9,12-17H2;1H. The van der Waals surface area contributed by atoms with E-state index in [1.807, 2.05) is 30.3 Å². The normalized spacial score (nSPS) is 19.9. The van der Waals surface area contributed by atoms with Crippen LogP contribution in [0.25, 0.3) is 0 Å². The highest BCUT2D eigenvalue weighted by Gasteiger charge is 2.26. The Bertz CT molecular complexity index is 462. The molecule has 2 aliphatic heterocycles. The third kappa shape index (κ3) is 5.58. The summed E-state index contributed by atoms with van der Waals surface area (Å²) in [5, 5.41) is 0. The van der Waals surface area contributed by atoms with Gasteiger partial charge in [-0.05, 0) is 51.9 Å². The molecule has 2 heterocycles. The molecule has 0 bridgehead atoms. The predicted octanol–water partition coefficient (Wildman–Crippen LogP) is 3.88. The minimum absolute atomic E-state index is 0. The molecule has 0 aliphatic carbocycles. The van der Waals surface area contributed by atoms with Crippen LogP contribution in [0.4, 0.5) is 0 Å². The van der Waals surface area contributed by atoms with Gasteiger partial charge >= 0.3 is 0 Å². The van der Waals surface area contributed by atoms with E-state index in [0.29, 0.717) is 5.78 Å². The molecule has 134 valence electrons. The molecule has 0 amide bonds. The number of benzene rings is 1. The number of likely N-dealkylation sites (tertiary alicyclic amines) is 2. The van der Waals surface area contributed by atoms with Crippen LogP contribution in [0.2, 0.25) is 0 Å². The zero-order valence-electron chi connectivity index (χ0n) is 14.7. The van der Waals surface area contributed by atoms with Gasteiger partial charge in [0.15, 0.2) is 5.78 Å². The van der Waals surface area contributed by atoms with Gasteiger partial charge in [0.1, 0.15) is 0 Å². The lowest BCUT2D eigenvalue weighted by molar-refractivity contribution is 0.0795. The molecule has 1 aromatic carbocycles. The van der Waals surface area contributed by atoms with Crippen molar-refractivity contribution in [2.24, 2.45) is 5.92 Å². The number of carbonyl (C=O) groups is 1. The van der Waals surface area contributed by atoms with Gasteiger partial charge in [-0.1, -0.05) is 43.2 Å². The number of rotatable bonds is 6. The van der Waals surface area contributed by atoms with Crippen molar-refractivity contribution in [3.8, 4) is 0 Å². The molecule has 0 unspecified atom stereocenters. The summed E-state index contributed by atoms with van der Waals surface area (Å²) in [7, 11) is 0. The highest BCUT2D eigenvalue weighted by atomic mass is 35.5. The number of nitrogens with zero attached hydrogens (tertiary/aromatic N) is 2. The van der Waals surface area contributed by atoms with Crippen molar-refractivity contribution in [3.05, 3.63) is 35.9 Å². The predicted molar refractivity (Wildman–Crippen MR) is 102 cm³/mol. The van der Waals surface area contributed by atoms with Crippen molar-refractivity contribution in [1.29, 1.82) is 0 Å². The second kappa shape index (κ2) is 10.2. The molecule has 0 atom stereocenters. The van der Waals surface area contributed by atoms with Crippen LogP contribution in [-0.4, -0.2) is 54.9 Å². The summed E-state index contributed by atoms with van der Waals surface area (Å²) in [6.45, 7) is 6.53. The maximum Gasteiger partial charge on any atom is 0.168 e. The van der Waals surface area contributed by atoms with Crippen LogP contribution in [0.5, 0.6) is 0 Å². The Morgan fingerprint density at radius 3 is 1.71 bits per heavy atom. The minimum Gasteiger partial charge on any atom is -0.303 e. The van der Waals surface area contributed by atoms with Crippen LogP contribution in [0, 0.1) is 5.92 Å². The van der Waals surface area contributed by atoms with Crippen molar-refractivity contribution >= 4 is 18.2 Å². The van der Waals surface area contributed by atoms with E-state index in [1.165, 1.54) is 64.7 Å². The average molecular weight is 351 g/mol. The summed E-state index contributed by atoms with van der Waals surface area (Å²) in [5.74, 6) is 0.454. The van der Waals surface area contributed by atoms with Crippen LogP contribution in [0.15, 0.2) is 30.3 Å². The molecule has 24 heavy (non-hydrogen) atoms. The first kappa shape index (κ1) is 19.4. The molecule has 0 radical (unpaired) electrons. The van der Waals surface area contributed by atoms with Gasteiger partial charge in [-0.25, -0.2) is 0 Å². The minimum atomic E-state index is 0. The largest absolute Gasteiger partial charge is 0.303 e. The Morgan fingerprint density at radius 1 is 0.792 bits per heavy atom. The first-order valence-electron chi connectivity index (χ1n) is 9.37. The molecular formula is C20H31ClN2O. The number of halogens is 1. The third-order valence-corrected chi connectivity index (χ3v) is 5.28. The van der Waals surface area contributed by atoms with E-state index in [2.05, 4.69) is 9.80 Å². The van der Waals surface area contributed by atoms with Gasteiger partial charge in [0.25, 0.3) is 0 Å². The Balaban J connectivity index is 0.00000208. The summed E-state index contributed by atoms with van der Waals surface area (Å²) in [5.41, 5.74) is 0.881. The lowest BCUT2D eigenvalue weighted by atomic mass is 9.94. The van der Waals surface area contributed by atoms with Crippen molar-refractivity contribution in [2.45, 2.75) is 38.5 Å². The molecule has 4 heteroatoms. The van der Waals surface area contributed by atoms with Gasteiger partial charge in [-0.3, -0.25) is 4.79 Å². The molecule has 2 fully saturated rings. The van der Waals surface area contributed by atoms with E-state index in [-0.39, 0.29) is 18.3 Å². The van der Waals surface area contributed by atoms with Gasteiger partial charge in [-0.15, -0.1) is 12.4 Å². The SMILES string of the molecule is Cl.O=C(c1ccccc1)C(CN1CCCCC1)CN1CCCCC1. The van der Waals surface area contributed by atoms with E-state index in [9.17, 15) is 4.79 Å². The molecule has 0 aromatic heterocycles. The first-order chi connectivity index (χ1) is 11.3. The Morgan fingerprint density at radius 2 is 1.25 bits per heavy atom. The van der Waals surface area contributed by atoms with Crippen LogP contribution in [0.3, 0.4) is 0 Å². The smallest absolute Gasteiger partial charge is 0.168 e. The molecule has 3 rings (SSSR count). The Hall–Kier alpha value is -0.900. The number of hydrogen-bond donors (Lipinski definition) is 0. The molecular weight excluding hydrogens is 320 g/mol. The van der Waals surface area contributed by atoms with Gasteiger partial charge < -0.3 is 9.80 Å². The summed E-state index contributed by atoms with van der Waals surface area (Å²) >= 11 is 0. The fourth-order valence-corrected chi connectivity index (χ4v) is 3.97. The Kier molecular flexibility index (Phi) is 8.23. The second-order valence-corrected chi connectivity index (χ2v) is 7.15. The molecule has 3 nitrogen and oxygen atoms in total. The van der Waals surface area contributed by atoms with Crippen LogP contribution >= 0.6 is 12.4 Å². The molecule has 0 N–H and O–H groups in total. The van der Waals surface area contributed by atoms with Crippen molar-refractivity contribution < 1.29 is 4.79 Å². The van der Waals surface area contributed by atoms with E-state index >= 15 is 0 Å². The van der Waals surface area contributed by atoms with Crippen LogP contribution in [-0.2, 0) is 0 Å². The van der Waals surface area contributed by atoms with E-state index in [0.717, 1.165) is 18.7 Å². The molecule has 0 spiro atoms. The molecule has 2 saturated heterocycles. The number of piperidine rings is 2. The number of hydrogen-bond acceptors (Lipinski definition) is 3. The maximum atomic E-state index is 13.0. The summed E-state index contributed by atoms with van der Waals surface area (Å²) < 4.78 is 0. The van der Waals surface area contributed by atoms with E-state index in [4.69, 9.17) is 0 Å². The van der Waals surface area contributed by atoms with Crippen LogP contribution < -0.4 is 0 Å². The van der Waals surface area contributed by atoms with Gasteiger partial charge in [0.2, 0.25) is 0 Å². The first-order valence-corrected chi connectivity index (χ1v) is 9.37. The summed E-state index contributed by atoms with van der Waals surface area (Å²) in [6, 6.07) is 9.89. The van der Waals surface area contributed by atoms with Gasteiger partial charge in [0, 0.05) is 24.6 Å². The molecule has 1 aromatic rings. The van der Waals surface area contributed by atoms with Crippen molar-refractivity contribution in [2.75, 3.05) is 39.3 Å². The molecule has 0 saturated carbocycles. The quantitative estimate of drug-likeness (QED) is 0.727. The topological polar surface area (TPSA) is 23.6 Å². The maximum absolute atomic E-state index is 13.0. The van der Waals surface area contributed by atoms with E-state index < -0.39 is 0 Å². The van der Waals surface area contributed by atoms with Crippen molar-refractivity contribution in [3.63, 3.8) is 0 Å². The average Bonchev–Trinajstić information content (AvgIpc) is 2.63. The van der Waals surface area contributed by atoms with Gasteiger partial charge in [0.05, 0.1) is 0 Å². The fourth-order valence-electron chi connectivity index (χ4n) is 3.97. The van der Waals surface area contributed by atoms with Gasteiger partial charge in [-0.2, -0.15) is 0 Å². The second-order valence-electron chi connectivity index (χ2n) is 7.15. The highest BCUT2D eigenvalue weighted by Crippen LogP contribution is 2.18. The van der Waals surface area contributed by atoms with E-state index in [1.54, 1.807) is 0 Å². The van der Waals surface area contributed by atoms with Crippen molar-refractivity contribution in [1.82, 2.24) is 9.80 Å². The van der Waals surface area contributed by atoms with Crippen LogP contribution in [0.1, 0.15) is 48.9 Å². The summed E-state index contributed by atoms with van der Waals surface area (Å²) in [6.07, 6.45) is 7.84. The molecule has 2 aliphatic rings. The number of carbonyl (C=O) groups excluding carboxylic acids is 1.